The first kappa shape index (κ1) is 13.7. The number of aliphatic hydroxyl groups excluding tert-OH is 1. The number of piperidine rings is 1. The normalized spacial score (nSPS) is 18.8. The monoisotopic (exact) mass is 311 g/mol. The van der Waals surface area contributed by atoms with Crippen molar-refractivity contribution in [1.29, 1.82) is 0 Å². The molecule has 1 aliphatic heterocycles. The molecule has 22 heavy (non-hydrogen) atoms. The van der Waals surface area contributed by atoms with Crippen LogP contribution in [0.2, 0.25) is 0 Å². The highest BCUT2D eigenvalue weighted by atomic mass is 32.1. The maximum atomic E-state index is 9.97. The number of anilines is 1. The Balaban J connectivity index is 1.86. The van der Waals surface area contributed by atoms with Gasteiger partial charge in [0, 0.05) is 24.0 Å². The maximum absolute atomic E-state index is 9.97. The van der Waals surface area contributed by atoms with Gasteiger partial charge in [-0.05, 0) is 18.4 Å². The highest BCUT2D eigenvalue weighted by Gasteiger charge is 2.22. The molecule has 0 radical (unpaired) electrons. The van der Waals surface area contributed by atoms with Crippen LogP contribution in [0.4, 0.5) is 5.82 Å². The standard InChI is InChI=1S/C17H17N3OS/c21-13-7-4-8-20(9-13)16-15-14(12-5-2-1-3-6-12)10-22-17(15)19-11-18-16/h1-3,5-6,10-11,13,21H,4,7-9H2/t13-/m1/s1. The molecule has 112 valence electrons. The van der Waals surface area contributed by atoms with Crippen LogP contribution in [-0.4, -0.2) is 34.3 Å². The number of aliphatic hydroxyl groups is 1. The number of aromatic nitrogens is 2. The van der Waals surface area contributed by atoms with Crippen molar-refractivity contribution in [2.24, 2.45) is 0 Å². The van der Waals surface area contributed by atoms with Crippen molar-refractivity contribution in [3.8, 4) is 11.1 Å². The van der Waals surface area contributed by atoms with E-state index in [1.807, 2.05) is 18.2 Å². The first-order valence-electron chi connectivity index (χ1n) is 7.53. The molecule has 0 unspecified atom stereocenters. The second-order valence-electron chi connectivity index (χ2n) is 5.63. The zero-order valence-electron chi connectivity index (χ0n) is 12.1. The molecule has 2 aromatic heterocycles. The first-order valence-corrected chi connectivity index (χ1v) is 8.41. The number of β-amino-alcohol motifs (C(OH)–C–C–N with tert-alkyl or cyclic N) is 1. The van der Waals surface area contributed by atoms with Crippen LogP contribution in [0, 0.1) is 0 Å². The molecule has 3 aromatic rings. The summed E-state index contributed by atoms with van der Waals surface area (Å²) < 4.78 is 0. The lowest BCUT2D eigenvalue weighted by atomic mass is 10.0. The lowest BCUT2D eigenvalue weighted by Gasteiger charge is -2.31. The number of hydrogen-bond donors (Lipinski definition) is 1. The van der Waals surface area contributed by atoms with Crippen molar-refractivity contribution < 1.29 is 5.11 Å². The second kappa shape index (κ2) is 5.66. The van der Waals surface area contributed by atoms with Crippen molar-refractivity contribution in [3.63, 3.8) is 0 Å². The van der Waals surface area contributed by atoms with E-state index in [0.717, 1.165) is 35.4 Å². The van der Waals surface area contributed by atoms with Crippen LogP contribution in [0.3, 0.4) is 0 Å². The summed E-state index contributed by atoms with van der Waals surface area (Å²) in [5.74, 6) is 0.948. The van der Waals surface area contributed by atoms with Crippen molar-refractivity contribution in [2.45, 2.75) is 18.9 Å². The highest BCUT2D eigenvalue weighted by molar-refractivity contribution is 7.17. The van der Waals surface area contributed by atoms with Crippen LogP contribution in [0.1, 0.15) is 12.8 Å². The summed E-state index contributed by atoms with van der Waals surface area (Å²) in [6.45, 7) is 1.59. The average molecular weight is 311 g/mol. The minimum absolute atomic E-state index is 0.266. The molecule has 0 bridgehead atoms. The molecular weight excluding hydrogens is 294 g/mol. The third-order valence-corrected chi connectivity index (χ3v) is 5.02. The van der Waals surface area contributed by atoms with E-state index in [1.165, 1.54) is 11.1 Å². The molecule has 4 nitrogen and oxygen atoms in total. The third kappa shape index (κ3) is 2.36. The molecule has 4 rings (SSSR count). The summed E-state index contributed by atoms with van der Waals surface area (Å²) in [4.78, 5) is 12.1. The van der Waals surface area contributed by atoms with Gasteiger partial charge in [-0.25, -0.2) is 9.97 Å². The Bertz CT molecular complexity index is 787. The Kier molecular flexibility index (Phi) is 3.52. The van der Waals surface area contributed by atoms with Gasteiger partial charge >= 0.3 is 0 Å². The number of nitrogens with zero attached hydrogens (tertiary/aromatic N) is 3. The zero-order valence-corrected chi connectivity index (χ0v) is 13.0. The van der Waals surface area contributed by atoms with Gasteiger partial charge in [-0.3, -0.25) is 0 Å². The van der Waals surface area contributed by atoms with E-state index >= 15 is 0 Å². The van der Waals surface area contributed by atoms with Gasteiger partial charge in [0.25, 0.3) is 0 Å². The molecule has 0 amide bonds. The van der Waals surface area contributed by atoms with Crippen molar-refractivity contribution in [3.05, 3.63) is 42.0 Å². The van der Waals surface area contributed by atoms with Gasteiger partial charge in [-0.2, -0.15) is 0 Å². The van der Waals surface area contributed by atoms with E-state index < -0.39 is 0 Å². The highest BCUT2D eigenvalue weighted by Crippen LogP contribution is 2.38. The van der Waals surface area contributed by atoms with Crippen molar-refractivity contribution in [1.82, 2.24) is 9.97 Å². The molecule has 0 spiro atoms. The smallest absolute Gasteiger partial charge is 0.141 e. The van der Waals surface area contributed by atoms with E-state index in [-0.39, 0.29) is 6.10 Å². The Labute approximate surface area is 133 Å². The quantitative estimate of drug-likeness (QED) is 0.789. The molecule has 0 aliphatic carbocycles. The summed E-state index contributed by atoms with van der Waals surface area (Å²) in [5.41, 5.74) is 2.36. The Morgan fingerprint density at radius 1 is 1.18 bits per heavy atom. The van der Waals surface area contributed by atoms with Crippen molar-refractivity contribution >= 4 is 27.4 Å². The molecule has 1 atom stereocenters. The SMILES string of the molecule is O[C@@H]1CCCN(c2ncnc3scc(-c4ccccc4)c23)C1. The van der Waals surface area contributed by atoms with Crippen LogP contribution in [0.15, 0.2) is 42.0 Å². The molecule has 1 fully saturated rings. The number of hydrogen-bond acceptors (Lipinski definition) is 5. The van der Waals surface area contributed by atoms with E-state index in [1.54, 1.807) is 17.7 Å². The fourth-order valence-corrected chi connectivity index (χ4v) is 3.99. The van der Waals surface area contributed by atoms with Gasteiger partial charge in [0.2, 0.25) is 0 Å². The fourth-order valence-electron chi connectivity index (χ4n) is 3.08. The molecule has 1 N–H and O–H groups in total. The lowest BCUT2D eigenvalue weighted by molar-refractivity contribution is 0.154. The maximum Gasteiger partial charge on any atom is 0.141 e. The Morgan fingerprint density at radius 2 is 2.05 bits per heavy atom. The number of benzene rings is 1. The van der Waals surface area contributed by atoms with Crippen molar-refractivity contribution in [2.75, 3.05) is 18.0 Å². The topological polar surface area (TPSA) is 49.2 Å². The van der Waals surface area contributed by atoms with Gasteiger partial charge < -0.3 is 10.0 Å². The number of thiophene rings is 1. The summed E-state index contributed by atoms with van der Waals surface area (Å²) in [5, 5.41) is 13.2. The largest absolute Gasteiger partial charge is 0.391 e. The minimum atomic E-state index is -0.266. The first-order chi connectivity index (χ1) is 10.8. The van der Waals surface area contributed by atoms with Crippen LogP contribution in [0.25, 0.3) is 21.3 Å². The van der Waals surface area contributed by atoms with E-state index in [9.17, 15) is 5.11 Å². The molecular formula is C17H17N3OS. The molecule has 1 saturated heterocycles. The zero-order chi connectivity index (χ0) is 14.9. The van der Waals surface area contributed by atoms with Gasteiger partial charge in [-0.1, -0.05) is 30.3 Å². The molecule has 5 heteroatoms. The predicted octanol–water partition coefficient (Wildman–Crippen LogP) is 3.32. The Morgan fingerprint density at radius 3 is 2.86 bits per heavy atom. The third-order valence-electron chi connectivity index (χ3n) is 4.13. The average Bonchev–Trinajstić information content (AvgIpc) is 3.00. The summed E-state index contributed by atoms with van der Waals surface area (Å²) in [7, 11) is 0. The van der Waals surface area contributed by atoms with Gasteiger partial charge in [-0.15, -0.1) is 11.3 Å². The lowest BCUT2D eigenvalue weighted by Crippen LogP contribution is -2.38. The molecule has 3 heterocycles. The van der Waals surface area contributed by atoms with Gasteiger partial charge in [0.15, 0.2) is 0 Å². The minimum Gasteiger partial charge on any atom is -0.391 e. The van der Waals surface area contributed by atoms with Crippen LogP contribution < -0.4 is 4.90 Å². The van der Waals surface area contributed by atoms with Gasteiger partial charge in [0.1, 0.15) is 17.0 Å². The Hall–Kier alpha value is -1.98. The fraction of sp³-hybridized carbons (Fsp3) is 0.294. The predicted molar refractivity (Wildman–Crippen MR) is 90.3 cm³/mol. The van der Waals surface area contributed by atoms with E-state index in [4.69, 9.17) is 0 Å². The molecule has 0 saturated carbocycles. The van der Waals surface area contributed by atoms with E-state index in [0.29, 0.717) is 6.54 Å². The summed E-state index contributed by atoms with van der Waals surface area (Å²) in [6, 6.07) is 10.4. The van der Waals surface area contributed by atoms with Crippen LogP contribution in [0.5, 0.6) is 0 Å². The summed E-state index contributed by atoms with van der Waals surface area (Å²) in [6.07, 6.45) is 3.24. The number of fused-ring (bicyclic) bond motifs is 1. The van der Waals surface area contributed by atoms with Gasteiger partial charge in [0.05, 0.1) is 11.5 Å². The second-order valence-corrected chi connectivity index (χ2v) is 6.49. The van der Waals surface area contributed by atoms with Crippen LogP contribution in [-0.2, 0) is 0 Å². The number of rotatable bonds is 2. The molecule has 1 aliphatic rings. The van der Waals surface area contributed by atoms with Crippen LogP contribution >= 0.6 is 11.3 Å². The summed E-state index contributed by atoms with van der Waals surface area (Å²) >= 11 is 1.65. The van der Waals surface area contributed by atoms with E-state index in [2.05, 4.69) is 32.4 Å². The molecule has 1 aromatic carbocycles.